The Bertz CT molecular complexity index is 546. The smallest absolute Gasteiger partial charge is 0.253 e. The molecule has 0 aromatic heterocycles. The third-order valence-corrected chi connectivity index (χ3v) is 3.69. The van der Waals surface area contributed by atoms with Gasteiger partial charge in [-0.15, -0.1) is 0 Å². The van der Waals surface area contributed by atoms with Crippen molar-refractivity contribution in [1.82, 2.24) is 4.90 Å². The number of nitrogens with zero attached hydrogens (tertiary/aromatic N) is 1. The van der Waals surface area contributed by atoms with Crippen LogP contribution in [0.25, 0.3) is 0 Å². The first kappa shape index (κ1) is 15.6. The molecule has 0 saturated carbocycles. The van der Waals surface area contributed by atoms with E-state index in [0.29, 0.717) is 6.42 Å². The average molecular weight is 285 g/mol. The lowest BCUT2D eigenvalue weighted by atomic mass is 10.1. The first-order chi connectivity index (χ1) is 10.2. The summed E-state index contributed by atoms with van der Waals surface area (Å²) in [4.78, 5) is 14.6. The van der Waals surface area contributed by atoms with E-state index in [1.54, 1.807) is 0 Å². The Labute approximate surface area is 127 Å². The lowest BCUT2D eigenvalue weighted by Gasteiger charge is -2.20. The van der Waals surface area contributed by atoms with Gasteiger partial charge < -0.3 is 10.0 Å². The Balaban J connectivity index is 2.18. The molecule has 1 aromatic rings. The van der Waals surface area contributed by atoms with Crippen LogP contribution in [0.15, 0.2) is 18.2 Å². The number of aryl methyl sites for hydroxylation is 1. The average Bonchev–Trinajstić information content (AvgIpc) is 2.75. The van der Waals surface area contributed by atoms with Gasteiger partial charge in [0.15, 0.2) is 0 Å². The van der Waals surface area contributed by atoms with Gasteiger partial charge in [-0.2, -0.15) is 0 Å². The molecule has 0 radical (unpaired) electrons. The molecule has 3 nitrogen and oxygen atoms in total. The molecule has 0 bridgehead atoms. The number of rotatable bonds is 2. The summed E-state index contributed by atoms with van der Waals surface area (Å²) >= 11 is 0. The van der Waals surface area contributed by atoms with Crippen LogP contribution in [-0.4, -0.2) is 35.6 Å². The summed E-state index contributed by atoms with van der Waals surface area (Å²) in [6, 6.07) is 5.78. The zero-order chi connectivity index (χ0) is 15.1. The fraction of sp³-hybridized carbons (Fsp3) is 0.500. The van der Waals surface area contributed by atoms with E-state index in [1.807, 2.05) is 30.0 Å². The largest absolute Gasteiger partial charge is 0.395 e. The minimum absolute atomic E-state index is 0.0678. The Morgan fingerprint density at radius 3 is 2.57 bits per heavy atom. The van der Waals surface area contributed by atoms with Crippen molar-refractivity contribution in [2.24, 2.45) is 0 Å². The van der Waals surface area contributed by atoms with E-state index in [1.165, 1.54) is 12.8 Å². The SMILES string of the molecule is Cc1cc(C#CCCO)cc(C(=O)N2CCCCCC2)c1. The maximum Gasteiger partial charge on any atom is 0.253 e. The molecule has 1 aliphatic rings. The maximum atomic E-state index is 12.6. The number of carbonyl (C=O) groups is 1. The molecule has 1 saturated heterocycles. The van der Waals surface area contributed by atoms with Gasteiger partial charge in [0.25, 0.3) is 5.91 Å². The first-order valence-corrected chi connectivity index (χ1v) is 7.71. The van der Waals surface area contributed by atoms with Crippen LogP contribution in [0.1, 0.15) is 53.6 Å². The van der Waals surface area contributed by atoms with Crippen LogP contribution in [0.3, 0.4) is 0 Å². The van der Waals surface area contributed by atoms with Crippen LogP contribution in [0.5, 0.6) is 0 Å². The Morgan fingerprint density at radius 2 is 1.90 bits per heavy atom. The van der Waals surface area contributed by atoms with Crippen molar-refractivity contribution in [1.29, 1.82) is 0 Å². The van der Waals surface area contributed by atoms with Gasteiger partial charge in [-0.1, -0.05) is 24.7 Å². The Morgan fingerprint density at radius 1 is 1.19 bits per heavy atom. The molecule has 1 amide bonds. The monoisotopic (exact) mass is 285 g/mol. The van der Waals surface area contributed by atoms with Gasteiger partial charge in [0, 0.05) is 30.6 Å². The van der Waals surface area contributed by atoms with E-state index in [0.717, 1.165) is 42.6 Å². The van der Waals surface area contributed by atoms with Crippen molar-refractivity contribution < 1.29 is 9.90 Å². The van der Waals surface area contributed by atoms with Crippen LogP contribution in [-0.2, 0) is 0 Å². The van der Waals surface area contributed by atoms with Crippen LogP contribution < -0.4 is 0 Å². The maximum absolute atomic E-state index is 12.6. The molecule has 1 heterocycles. The molecule has 0 unspecified atom stereocenters. The number of likely N-dealkylation sites (tertiary alicyclic amines) is 1. The number of benzene rings is 1. The number of hydrogen-bond donors (Lipinski definition) is 1. The number of hydrogen-bond acceptors (Lipinski definition) is 2. The van der Waals surface area contributed by atoms with Crippen molar-refractivity contribution >= 4 is 5.91 Å². The van der Waals surface area contributed by atoms with Crippen LogP contribution >= 0.6 is 0 Å². The fourth-order valence-electron chi connectivity index (χ4n) is 2.66. The zero-order valence-electron chi connectivity index (χ0n) is 12.7. The van der Waals surface area contributed by atoms with E-state index in [9.17, 15) is 4.79 Å². The quantitative estimate of drug-likeness (QED) is 0.849. The van der Waals surface area contributed by atoms with Crippen molar-refractivity contribution in [2.45, 2.75) is 39.0 Å². The number of aliphatic hydroxyl groups excluding tert-OH is 1. The van der Waals surface area contributed by atoms with Crippen molar-refractivity contribution in [3.63, 3.8) is 0 Å². The number of amides is 1. The Hall–Kier alpha value is -1.79. The fourth-order valence-corrected chi connectivity index (χ4v) is 2.66. The van der Waals surface area contributed by atoms with E-state index < -0.39 is 0 Å². The van der Waals surface area contributed by atoms with E-state index in [-0.39, 0.29) is 12.5 Å². The molecule has 0 atom stereocenters. The highest BCUT2D eigenvalue weighted by Crippen LogP contribution is 2.16. The van der Waals surface area contributed by atoms with E-state index in [2.05, 4.69) is 11.8 Å². The predicted molar refractivity (Wildman–Crippen MR) is 84.1 cm³/mol. The number of aliphatic hydroxyl groups is 1. The summed E-state index contributed by atoms with van der Waals surface area (Å²) in [5.74, 6) is 6.04. The van der Waals surface area contributed by atoms with Gasteiger partial charge in [0.2, 0.25) is 0 Å². The predicted octanol–water partition coefficient (Wildman–Crippen LogP) is 2.75. The van der Waals surface area contributed by atoms with Gasteiger partial charge in [-0.25, -0.2) is 0 Å². The van der Waals surface area contributed by atoms with Crippen LogP contribution in [0.2, 0.25) is 0 Å². The molecule has 112 valence electrons. The van der Waals surface area contributed by atoms with Gasteiger partial charge >= 0.3 is 0 Å². The molecule has 1 fully saturated rings. The minimum Gasteiger partial charge on any atom is -0.395 e. The Kier molecular flexibility index (Phi) is 5.83. The second-order valence-corrected chi connectivity index (χ2v) is 5.57. The molecule has 1 aliphatic heterocycles. The lowest BCUT2D eigenvalue weighted by molar-refractivity contribution is 0.0761. The first-order valence-electron chi connectivity index (χ1n) is 7.71. The second kappa shape index (κ2) is 7.85. The summed E-state index contributed by atoms with van der Waals surface area (Å²) in [5, 5.41) is 8.78. The molecular weight excluding hydrogens is 262 g/mol. The molecule has 1 N–H and O–H groups in total. The highest BCUT2D eigenvalue weighted by atomic mass is 16.2. The van der Waals surface area contributed by atoms with E-state index >= 15 is 0 Å². The molecular formula is C18H23NO2. The lowest BCUT2D eigenvalue weighted by Crippen LogP contribution is -2.31. The molecule has 0 spiro atoms. The van der Waals surface area contributed by atoms with Crippen LogP contribution in [0, 0.1) is 18.8 Å². The third-order valence-electron chi connectivity index (χ3n) is 3.69. The minimum atomic E-state index is 0.0678. The highest BCUT2D eigenvalue weighted by Gasteiger charge is 2.17. The summed E-state index contributed by atoms with van der Waals surface area (Å²) in [5.41, 5.74) is 2.62. The van der Waals surface area contributed by atoms with Gasteiger partial charge in [0.1, 0.15) is 0 Å². The van der Waals surface area contributed by atoms with Crippen LogP contribution in [0.4, 0.5) is 0 Å². The van der Waals surface area contributed by atoms with Gasteiger partial charge in [-0.3, -0.25) is 4.79 Å². The molecule has 3 heteroatoms. The summed E-state index contributed by atoms with van der Waals surface area (Å²) < 4.78 is 0. The molecule has 2 rings (SSSR count). The van der Waals surface area contributed by atoms with Crippen molar-refractivity contribution in [2.75, 3.05) is 19.7 Å². The summed E-state index contributed by atoms with van der Waals surface area (Å²) in [6.07, 6.45) is 5.09. The standard InChI is InChI=1S/C18H23NO2/c1-15-12-16(8-4-7-11-20)14-17(13-15)18(21)19-9-5-2-3-6-10-19/h12-14,20H,2-3,5-7,9-11H2,1H3. The van der Waals surface area contributed by atoms with Gasteiger partial charge in [-0.05, 0) is 43.5 Å². The molecule has 21 heavy (non-hydrogen) atoms. The summed E-state index contributed by atoms with van der Waals surface area (Å²) in [7, 11) is 0. The summed E-state index contributed by atoms with van der Waals surface area (Å²) in [6.45, 7) is 3.77. The van der Waals surface area contributed by atoms with Gasteiger partial charge in [0.05, 0.1) is 6.61 Å². The van der Waals surface area contributed by atoms with E-state index in [4.69, 9.17) is 5.11 Å². The normalized spacial score (nSPS) is 15.0. The van der Waals surface area contributed by atoms with Crippen molar-refractivity contribution in [3.8, 4) is 11.8 Å². The second-order valence-electron chi connectivity index (χ2n) is 5.57. The number of carbonyl (C=O) groups excluding carboxylic acids is 1. The third kappa shape index (κ3) is 4.61. The highest BCUT2D eigenvalue weighted by molar-refractivity contribution is 5.94. The molecule has 1 aromatic carbocycles. The topological polar surface area (TPSA) is 40.5 Å². The van der Waals surface area contributed by atoms with Crippen molar-refractivity contribution in [3.05, 3.63) is 34.9 Å². The zero-order valence-corrected chi connectivity index (χ0v) is 12.7. The molecule has 0 aliphatic carbocycles.